The van der Waals surface area contributed by atoms with Crippen LogP contribution in [0.5, 0.6) is 6.01 Å². The number of nitrogens with one attached hydrogen (secondary N) is 2. The first kappa shape index (κ1) is 14.9. The zero-order valence-electron chi connectivity index (χ0n) is 11.4. The van der Waals surface area contributed by atoms with Crippen molar-refractivity contribution in [3.05, 3.63) is 0 Å². The summed E-state index contributed by atoms with van der Waals surface area (Å²) in [4.78, 5) is 23.4. The van der Waals surface area contributed by atoms with E-state index in [1.54, 1.807) is 6.92 Å². The molecule has 0 spiro atoms. The van der Waals surface area contributed by atoms with Gasteiger partial charge >= 0.3 is 12.0 Å². The van der Waals surface area contributed by atoms with Crippen molar-refractivity contribution >= 4 is 17.9 Å². The van der Waals surface area contributed by atoms with E-state index in [0.717, 1.165) is 13.0 Å². The molecule has 0 unspecified atom stereocenters. The zero-order valence-corrected chi connectivity index (χ0v) is 11.4. The minimum absolute atomic E-state index is 0.00573. The number of esters is 1. The highest BCUT2D eigenvalue weighted by atomic mass is 16.5. The van der Waals surface area contributed by atoms with E-state index in [2.05, 4.69) is 25.6 Å². The lowest BCUT2D eigenvalue weighted by Gasteiger charge is -2.08. The van der Waals surface area contributed by atoms with Crippen molar-refractivity contribution in [2.75, 3.05) is 37.4 Å². The molecule has 0 radical (unpaired) electrons. The van der Waals surface area contributed by atoms with Crippen molar-refractivity contribution < 1.29 is 14.3 Å². The van der Waals surface area contributed by atoms with Gasteiger partial charge in [-0.05, 0) is 13.3 Å². The number of anilines is 2. The lowest BCUT2D eigenvalue weighted by atomic mass is 10.5. The Morgan fingerprint density at radius 2 is 1.84 bits per heavy atom. The first-order chi connectivity index (χ1) is 9.19. The van der Waals surface area contributed by atoms with Crippen molar-refractivity contribution in [1.82, 2.24) is 15.0 Å². The van der Waals surface area contributed by atoms with Gasteiger partial charge in [-0.15, -0.1) is 0 Å². The van der Waals surface area contributed by atoms with Gasteiger partial charge in [0, 0.05) is 6.54 Å². The molecule has 0 aliphatic heterocycles. The highest BCUT2D eigenvalue weighted by Crippen LogP contribution is 2.10. The second kappa shape index (κ2) is 8.06. The van der Waals surface area contributed by atoms with Crippen LogP contribution < -0.4 is 15.4 Å². The predicted octanol–water partition coefficient (Wildman–Crippen LogP) is 0.677. The average Bonchev–Trinajstić information content (AvgIpc) is 2.43. The maximum atomic E-state index is 11.2. The molecule has 0 atom stereocenters. The lowest BCUT2D eigenvalue weighted by molar-refractivity contribution is -0.140. The number of methoxy groups -OCH3 is 1. The molecule has 106 valence electrons. The molecule has 0 saturated carbocycles. The van der Waals surface area contributed by atoms with E-state index in [1.807, 2.05) is 6.92 Å². The highest BCUT2D eigenvalue weighted by molar-refractivity contribution is 5.74. The fraction of sp³-hybridized carbons (Fsp3) is 0.636. The van der Waals surface area contributed by atoms with Crippen LogP contribution in [0.2, 0.25) is 0 Å². The van der Waals surface area contributed by atoms with Crippen molar-refractivity contribution in [3.63, 3.8) is 0 Å². The predicted molar refractivity (Wildman–Crippen MR) is 70.3 cm³/mol. The molecule has 8 heteroatoms. The average molecular weight is 269 g/mol. The van der Waals surface area contributed by atoms with Crippen LogP contribution in [-0.2, 0) is 9.53 Å². The van der Waals surface area contributed by atoms with Crippen LogP contribution in [-0.4, -0.2) is 47.7 Å². The van der Waals surface area contributed by atoms with E-state index in [4.69, 9.17) is 9.47 Å². The van der Waals surface area contributed by atoms with Crippen LogP contribution in [0.4, 0.5) is 11.9 Å². The number of hydrogen-bond acceptors (Lipinski definition) is 8. The highest BCUT2D eigenvalue weighted by Gasteiger charge is 2.08. The van der Waals surface area contributed by atoms with E-state index >= 15 is 0 Å². The van der Waals surface area contributed by atoms with Crippen molar-refractivity contribution in [2.24, 2.45) is 0 Å². The minimum Gasteiger partial charge on any atom is -0.467 e. The second-order valence-corrected chi connectivity index (χ2v) is 3.55. The minimum atomic E-state index is -0.370. The Bertz CT molecular complexity index is 413. The lowest BCUT2D eigenvalue weighted by Crippen LogP contribution is -2.19. The van der Waals surface area contributed by atoms with Gasteiger partial charge in [-0.2, -0.15) is 15.0 Å². The topological polar surface area (TPSA) is 98.3 Å². The van der Waals surface area contributed by atoms with E-state index in [0.29, 0.717) is 12.6 Å². The monoisotopic (exact) mass is 269 g/mol. The normalized spacial score (nSPS) is 9.84. The molecule has 0 aliphatic rings. The summed E-state index contributed by atoms with van der Waals surface area (Å²) in [7, 11) is 1.47. The van der Waals surface area contributed by atoms with Crippen molar-refractivity contribution in [3.8, 4) is 6.01 Å². The van der Waals surface area contributed by atoms with Crippen LogP contribution in [0.3, 0.4) is 0 Å². The molecule has 0 aliphatic carbocycles. The van der Waals surface area contributed by atoms with Gasteiger partial charge in [-0.3, -0.25) is 4.79 Å². The van der Waals surface area contributed by atoms with Gasteiger partial charge in [-0.25, -0.2) is 0 Å². The number of hydrogen-bond donors (Lipinski definition) is 2. The maximum Gasteiger partial charge on any atom is 0.325 e. The summed E-state index contributed by atoms with van der Waals surface area (Å²) in [5.41, 5.74) is 0. The first-order valence-electron chi connectivity index (χ1n) is 6.13. The van der Waals surface area contributed by atoms with Gasteiger partial charge in [0.15, 0.2) is 0 Å². The quantitative estimate of drug-likeness (QED) is 0.665. The molecule has 19 heavy (non-hydrogen) atoms. The van der Waals surface area contributed by atoms with Gasteiger partial charge in [0.25, 0.3) is 0 Å². The first-order valence-corrected chi connectivity index (χ1v) is 6.13. The summed E-state index contributed by atoms with van der Waals surface area (Å²) < 4.78 is 9.77. The molecule has 8 nitrogen and oxygen atoms in total. The van der Waals surface area contributed by atoms with E-state index in [-0.39, 0.29) is 24.5 Å². The van der Waals surface area contributed by atoms with Crippen LogP contribution in [0, 0.1) is 0 Å². The fourth-order valence-electron chi connectivity index (χ4n) is 1.21. The number of carbonyl (C=O) groups is 1. The Balaban J connectivity index is 2.67. The third kappa shape index (κ3) is 5.36. The summed E-state index contributed by atoms with van der Waals surface area (Å²) in [5, 5.41) is 5.79. The molecular formula is C11H19N5O3. The second-order valence-electron chi connectivity index (χ2n) is 3.55. The maximum absolute atomic E-state index is 11.2. The van der Waals surface area contributed by atoms with Gasteiger partial charge in [0.05, 0.1) is 13.7 Å². The standard InChI is InChI=1S/C11H19N5O3/c1-4-6-12-9-14-10(16-11(15-9)18-3)13-7-8(17)19-5-2/h4-7H2,1-3H3,(H2,12,13,14,15,16). The summed E-state index contributed by atoms with van der Waals surface area (Å²) in [5.74, 6) is 0.295. The zero-order chi connectivity index (χ0) is 14.1. The Kier molecular flexibility index (Phi) is 6.34. The molecule has 0 fully saturated rings. The number of ether oxygens (including phenoxy) is 2. The number of aromatic nitrogens is 3. The Hall–Kier alpha value is -2.12. The smallest absolute Gasteiger partial charge is 0.325 e. The van der Waals surface area contributed by atoms with Gasteiger partial charge in [0.1, 0.15) is 6.54 Å². The molecule has 0 bridgehead atoms. The molecule has 1 aromatic heterocycles. The van der Waals surface area contributed by atoms with Gasteiger partial charge in [0.2, 0.25) is 11.9 Å². The van der Waals surface area contributed by atoms with Crippen molar-refractivity contribution in [2.45, 2.75) is 20.3 Å². The fourth-order valence-corrected chi connectivity index (χ4v) is 1.21. The van der Waals surface area contributed by atoms with Gasteiger partial charge < -0.3 is 20.1 Å². The Labute approximate surface area is 111 Å². The van der Waals surface area contributed by atoms with Crippen molar-refractivity contribution in [1.29, 1.82) is 0 Å². The molecule has 1 aromatic rings. The van der Waals surface area contributed by atoms with Crippen LogP contribution in [0.25, 0.3) is 0 Å². The molecular weight excluding hydrogens is 250 g/mol. The Morgan fingerprint density at radius 1 is 1.16 bits per heavy atom. The number of nitrogens with zero attached hydrogens (tertiary/aromatic N) is 3. The van der Waals surface area contributed by atoms with Crippen LogP contribution >= 0.6 is 0 Å². The molecule has 0 amide bonds. The molecule has 1 heterocycles. The molecule has 2 N–H and O–H groups in total. The third-order valence-corrected chi connectivity index (χ3v) is 2.03. The molecule has 0 aromatic carbocycles. The summed E-state index contributed by atoms with van der Waals surface area (Å²) in [6.07, 6.45) is 0.944. The van der Waals surface area contributed by atoms with Gasteiger partial charge in [-0.1, -0.05) is 6.92 Å². The largest absolute Gasteiger partial charge is 0.467 e. The van der Waals surface area contributed by atoms with E-state index in [1.165, 1.54) is 7.11 Å². The number of rotatable bonds is 8. The number of carbonyl (C=O) groups excluding carboxylic acids is 1. The summed E-state index contributed by atoms with van der Waals surface area (Å²) in [6.45, 7) is 4.85. The van der Waals surface area contributed by atoms with E-state index < -0.39 is 0 Å². The van der Waals surface area contributed by atoms with Crippen LogP contribution in [0.1, 0.15) is 20.3 Å². The molecule has 0 saturated heterocycles. The summed E-state index contributed by atoms with van der Waals surface area (Å²) >= 11 is 0. The SMILES string of the molecule is CCCNc1nc(NCC(=O)OCC)nc(OC)n1. The molecule has 1 rings (SSSR count). The Morgan fingerprint density at radius 3 is 2.42 bits per heavy atom. The van der Waals surface area contributed by atoms with E-state index in [9.17, 15) is 4.79 Å². The summed E-state index contributed by atoms with van der Waals surface area (Å²) in [6, 6.07) is 0.181. The van der Waals surface area contributed by atoms with Crippen LogP contribution in [0.15, 0.2) is 0 Å². The third-order valence-electron chi connectivity index (χ3n) is 2.03.